The van der Waals surface area contributed by atoms with E-state index in [2.05, 4.69) is 4.74 Å². The third kappa shape index (κ3) is 4.98. The van der Waals surface area contributed by atoms with Gasteiger partial charge < -0.3 is 9.64 Å². The van der Waals surface area contributed by atoms with Gasteiger partial charge in [0, 0.05) is 13.1 Å². The van der Waals surface area contributed by atoms with E-state index in [1.807, 2.05) is 0 Å². The second kappa shape index (κ2) is 9.37. The van der Waals surface area contributed by atoms with Crippen molar-refractivity contribution < 1.29 is 48.7 Å². The summed E-state index contributed by atoms with van der Waals surface area (Å²) in [5.74, 6) is -3.18. The van der Waals surface area contributed by atoms with Gasteiger partial charge in [-0.1, -0.05) is 4.13 Å². The minimum Gasteiger partial charge on any atom is -0.460 e. The molecule has 0 aromatic rings. The van der Waals surface area contributed by atoms with Gasteiger partial charge >= 0.3 is 42.4 Å². The van der Waals surface area contributed by atoms with Crippen LogP contribution in [0.2, 0.25) is 0 Å². The van der Waals surface area contributed by atoms with Crippen molar-refractivity contribution in [2.24, 2.45) is 23.2 Å². The molecule has 1 amide bonds. The van der Waals surface area contributed by atoms with Gasteiger partial charge in [-0.15, -0.1) is 0 Å². The van der Waals surface area contributed by atoms with Crippen molar-refractivity contribution in [1.82, 2.24) is 9.03 Å². The third-order valence-electron chi connectivity index (χ3n) is 8.05. The maximum absolute atomic E-state index is 14.4. The first-order chi connectivity index (χ1) is 16.6. The lowest BCUT2D eigenvalue weighted by atomic mass is 9.49. The first-order valence-corrected chi connectivity index (χ1v) is 15.1. The minimum atomic E-state index is -6.54. The molecule has 0 spiro atoms. The predicted molar refractivity (Wildman–Crippen MR) is 117 cm³/mol. The summed E-state index contributed by atoms with van der Waals surface area (Å²) in [7, 11) is -13.0. The van der Waals surface area contributed by atoms with Gasteiger partial charge in [0.1, 0.15) is 0 Å². The van der Waals surface area contributed by atoms with E-state index in [9.17, 15) is 44.0 Å². The summed E-state index contributed by atoms with van der Waals surface area (Å²) in [6, 6.07) is 0. The van der Waals surface area contributed by atoms with Crippen LogP contribution in [-0.4, -0.2) is 63.8 Å². The first kappa shape index (κ1) is 27.6. The van der Waals surface area contributed by atoms with Gasteiger partial charge in [0.2, 0.25) is 0 Å². The Morgan fingerprint density at radius 1 is 0.833 bits per heavy atom. The van der Waals surface area contributed by atoms with Crippen molar-refractivity contribution in [3.8, 4) is 0 Å². The van der Waals surface area contributed by atoms with Crippen molar-refractivity contribution >= 4 is 31.9 Å². The van der Waals surface area contributed by atoms with E-state index in [4.69, 9.17) is 0 Å². The van der Waals surface area contributed by atoms with E-state index in [-0.39, 0.29) is 29.1 Å². The number of carbonyl (C=O) groups excluding carboxylic acids is 2. The van der Waals surface area contributed by atoms with Gasteiger partial charge in [-0.05, 0) is 87.4 Å². The number of carbonyl (C=O) groups is 2. The zero-order valence-corrected chi connectivity index (χ0v) is 21.2. The highest BCUT2D eigenvalue weighted by Crippen LogP contribution is 2.61. The number of hydrogen-bond donors (Lipinski definition) is 1. The molecule has 5 fully saturated rings. The van der Waals surface area contributed by atoms with Crippen LogP contribution in [0.3, 0.4) is 0 Å². The quantitative estimate of drug-likeness (QED) is 0.338. The average Bonchev–Trinajstić information content (AvgIpc) is 2.77. The number of amides is 1. The number of sulfonamides is 2. The molecule has 9 nitrogen and oxygen atoms in total. The van der Waals surface area contributed by atoms with Crippen LogP contribution < -0.4 is 4.13 Å². The highest BCUT2D eigenvalue weighted by Gasteiger charge is 2.62. The van der Waals surface area contributed by atoms with Gasteiger partial charge in [-0.25, -0.2) is 21.6 Å². The highest BCUT2D eigenvalue weighted by molar-refractivity contribution is 8.06. The van der Waals surface area contributed by atoms with Gasteiger partial charge in [0.15, 0.2) is 0 Å². The predicted octanol–water partition coefficient (Wildman–Crippen LogP) is 2.58. The Morgan fingerprint density at radius 2 is 1.31 bits per heavy atom. The summed E-state index contributed by atoms with van der Waals surface area (Å²) in [6.45, 7) is -0.891. The van der Waals surface area contributed by atoms with Crippen molar-refractivity contribution in [3.63, 3.8) is 0 Å². The van der Waals surface area contributed by atoms with Crippen LogP contribution in [0.15, 0.2) is 0 Å². The molecule has 15 heteroatoms. The molecular weight excluding hydrogens is 532 g/mol. The number of nitrogens with zero attached hydrogens (tertiary/aromatic N) is 1. The molecule has 1 N–H and O–H groups in total. The zero-order chi connectivity index (χ0) is 26.6. The van der Waals surface area contributed by atoms with Crippen molar-refractivity contribution in [3.05, 3.63) is 0 Å². The largest absolute Gasteiger partial charge is 0.460 e. The van der Waals surface area contributed by atoms with E-state index >= 15 is 0 Å². The molecule has 36 heavy (non-hydrogen) atoms. The van der Waals surface area contributed by atoms with Gasteiger partial charge in [-0.3, -0.25) is 4.79 Å². The molecule has 0 atom stereocenters. The summed E-state index contributed by atoms with van der Waals surface area (Å²) < 4.78 is 110. The van der Waals surface area contributed by atoms with Crippen LogP contribution in [0.5, 0.6) is 0 Å². The number of nitrogens with one attached hydrogen (secondary N) is 1. The molecule has 0 aromatic carbocycles. The molecule has 5 rings (SSSR count). The molecule has 4 bridgehead atoms. The van der Waals surface area contributed by atoms with Crippen LogP contribution in [0.4, 0.5) is 17.6 Å². The molecule has 5 aliphatic rings. The van der Waals surface area contributed by atoms with Crippen molar-refractivity contribution in [2.45, 2.75) is 74.7 Å². The Bertz CT molecular complexity index is 1070. The Hall–Kier alpha value is -1.48. The molecule has 0 radical (unpaired) electrons. The standard InChI is InChI=1S/C21H30F4N2O7S2/c22-20(23,17(28)27-5-2-1-3-6-27)35(30,31)26-36(32,33)21(24,25)18(29)34-7-4-19-11-14-8-15(12-19)10-16(9-14)13-19/h14-16,26H,1-13H2. The summed E-state index contributed by atoms with van der Waals surface area (Å²) >= 11 is 0. The van der Waals surface area contributed by atoms with Crippen molar-refractivity contribution in [1.29, 1.82) is 0 Å². The SMILES string of the molecule is O=C(OCCC12CC3CC(CC(C3)C1)C2)C(F)(F)S(=O)(=O)NS(=O)(=O)C(F)(F)C(=O)N1CCCCC1. The second-order valence-electron chi connectivity index (χ2n) is 10.8. The highest BCUT2D eigenvalue weighted by atomic mass is 32.3. The molecule has 1 saturated heterocycles. The van der Waals surface area contributed by atoms with E-state index in [1.165, 1.54) is 0 Å². The van der Waals surface area contributed by atoms with Gasteiger partial charge in [0.05, 0.1) is 6.61 Å². The zero-order valence-electron chi connectivity index (χ0n) is 19.6. The van der Waals surface area contributed by atoms with Gasteiger partial charge in [0.25, 0.3) is 0 Å². The Kier molecular flexibility index (Phi) is 7.17. The minimum absolute atomic E-state index is 0.165. The Labute approximate surface area is 207 Å². The third-order valence-corrected chi connectivity index (χ3v) is 11.5. The molecular formula is C21H30F4N2O7S2. The van der Waals surface area contributed by atoms with Crippen LogP contribution in [-0.2, 0) is 34.4 Å². The molecule has 1 heterocycles. The summed E-state index contributed by atoms with van der Waals surface area (Å²) in [4.78, 5) is 24.5. The lowest BCUT2D eigenvalue weighted by Crippen LogP contribution is -2.57. The number of alkyl halides is 4. The smallest absolute Gasteiger partial charge is 0.455 e. The Balaban J connectivity index is 1.38. The summed E-state index contributed by atoms with van der Waals surface area (Å²) in [5, 5.41) is -10.8. The molecule has 4 aliphatic carbocycles. The monoisotopic (exact) mass is 562 g/mol. The van der Waals surface area contributed by atoms with Crippen LogP contribution in [0, 0.1) is 23.2 Å². The number of hydrogen-bond acceptors (Lipinski definition) is 7. The average molecular weight is 563 g/mol. The number of piperidine rings is 1. The van der Waals surface area contributed by atoms with Crippen LogP contribution in [0.25, 0.3) is 0 Å². The molecule has 4 saturated carbocycles. The van der Waals surface area contributed by atoms with E-state index in [0.717, 1.165) is 38.5 Å². The number of ether oxygens (including phenoxy) is 1. The molecule has 1 aliphatic heterocycles. The lowest BCUT2D eigenvalue weighted by molar-refractivity contribution is -0.163. The Morgan fingerprint density at radius 3 is 1.81 bits per heavy atom. The molecule has 0 aromatic heterocycles. The fourth-order valence-corrected chi connectivity index (χ4v) is 9.43. The number of rotatable bonds is 9. The summed E-state index contributed by atoms with van der Waals surface area (Å²) in [5.41, 5.74) is -0.165. The van der Waals surface area contributed by atoms with E-state index < -0.39 is 49.0 Å². The number of halogens is 4. The molecule has 206 valence electrons. The van der Waals surface area contributed by atoms with Gasteiger partial charge in [-0.2, -0.15) is 17.6 Å². The fourth-order valence-electron chi connectivity index (χ4n) is 6.80. The normalized spacial score (nSPS) is 30.9. The molecule has 0 unspecified atom stereocenters. The van der Waals surface area contributed by atoms with Crippen LogP contribution >= 0.6 is 0 Å². The fraction of sp³-hybridized carbons (Fsp3) is 0.905. The second-order valence-corrected chi connectivity index (χ2v) is 14.5. The van der Waals surface area contributed by atoms with Crippen molar-refractivity contribution in [2.75, 3.05) is 19.7 Å². The number of esters is 1. The summed E-state index contributed by atoms with van der Waals surface area (Å²) in [6.07, 6.45) is 7.53. The maximum atomic E-state index is 14.4. The van der Waals surface area contributed by atoms with E-state index in [1.54, 1.807) is 0 Å². The number of likely N-dealkylation sites (tertiary alicyclic amines) is 1. The van der Waals surface area contributed by atoms with Crippen LogP contribution in [0.1, 0.15) is 64.2 Å². The lowest BCUT2D eigenvalue weighted by Gasteiger charge is -2.57. The maximum Gasteiger partial charge on any atom is 0.455 e. The topological polar surface area (TPSA) is 127 Å². The first-order valence-electron chi connectivity index (χ1n) is 12.1. The van der Waals surface area contributed by atoms with E-state index in [0.29, 0.717) is 41.9 Å².